The molecule has 7 nitrogen and oxygen atoms in total. The standard InChI is InChI=1S/C12H12BrN3O4S/c13-9-3-1-2-4-11(9)21(19,20)15-5-6-16-7-10(12(17)18)14-8-16/h1-4,7-8,15H,5-6H2,(H,17,18). The Balaban J connectivity index is 1.99. The lowest BCUT2D eigenvalue weighted by Gasteiger charge is -2.08. The normalized spacial score (nSPS) is 11.5. The second-order valence-corrected chi connectivity index (χ2v) is 6.72. The first-order valence-corrected chi connectivity index (χ1v) is 8.17. The van der Waals surface area contributed by atoms with Gasteiger partial charge in [0, 0.05) is 23.8 Å². The van der Waals surface area contributed by atoms with E-state index in [1.165, 1.54) is 23.2 Å². The summed E-state index contributed by atoms with van der Waals surface area (Å²) in [4.78, 5) is 14.5. The summed E-state index contributed by atoms with van der Waals surface area (Å²) in [5.74, 6) is -1.12. The molecule has 2 rings (SSSR count). The average Bonchev–Trinajstić information content (AvgIpc) is 2.88. The molecule has 0 spiro atoms. The quantitative estimate of drug-likeness (QED) is 0.794. The fourth-order valence-electron chi connectivity index (χ4n) is 1.64. The Labute approximate surface area is 129 Å². The molecule has 0 unspecified atom stereocenters. The van der Waals surface area contributed by atoms with Crippen LogP contribution in [0.25, 0.3) is 0 Å². The molecule has 0 bridgehead atoms. The molecule has 2 aromatic rings. The number of carboxylic acid groups (broad SMARTS) is 1. The van der Waals surface area contributed by atoms with Gasteiger partial charge in [0.2, 0.25) is 10.0 Å². The minimum absolute atomic E-state index is 0.0799. The van der Waals surface area contributed by atoms with Gasteiger partial charge in [-0.3, -0.25) is 0 Å². The van der Waals surface area contributed by atoms with Crippen molar-refractivity contribution in [2.75, 3.05) is 6.54 Å². The first-order valence-electron chi connectivity index (χ1n) is 5.89. The molecule has 0 atom stereocenters. The highest BCUT2D eigenvalue weighted by Gasteiger charge is 2.16. The number of aromatic nitrogens is 2. The van der Waals surface area contributed by atoms with Crippen LogP contribution in [0.2, 0.25) is 0 Å². The largest absolute Gasteiger partial charge is 0.476 e. The highest BCUT2D eigenvalue weighted by molar-refractivity contribution is 9.10. The summed E-state index contributed by atoms with van der Waals surface area (Å²) in [5, 5.41) is 8.74. The zero-order chi connectivity index (χ0) is 15.5. The lowest BCUT2D eigenvalue weighted by Crippen LogP contribution is -2.27. The molecular formula is C12H12BrN3O4S. The lowest BCUT2D eigenvalue weighted by atomic mass is 10.4. The molecule has 0 amide bonds. The SMILES string of the molecule is O=C(O)c1cn(CCNS(=O)(=O)c2ccccc2Br)cn1. The second kappa shape index (κ2) is 6.37. The number of carbonyl (C=O) groups is 1. The van der Waals surface area contributed by atoms with Gasteiger partial charge < -0.3 is 9.67 Å². The zero-order valence-electron chi connectivity index (χ0n) is 10.7. The van der Waals surface area contributed by atoms with Crippen LogP contribution in [0.4, 0.5) is 0 Å². The van der Waals surface area contributed by atoms with Gasteiger partial charge >= 0.3 is 5.97 Å². The van der Waals surface area contributed by atoms with Crippen molar-refractivity contribution in [1.29, 1.82) is 0 Å². The molecule has 9 heteroatoms. The van der Waals surface area contributed by atoms with Gasteiger partial charge in [-0.05, 0) is 28.1 Å². The summed E-state index contributed by atoms with van der Waals surface area (Å²) in [6.07, 6.45) is 2.69. The Morgan fingerprint density at radius 2 is 2.10 bits per heavy atom. The van der Waals surface area contributed by atoms with E-state index in [9.17, 15) is 13.2 Å². The third-order valence-corrected chi connectivity index (χ3v) is 5.11. The molecule has 0 saturated carbocycles. The minimum atomic E-state index is -3.62. The summed E-state index contributed by atoms with van der Waals surface area (Å²) in [6.45, 7) is 0.406. The van der Waals surface area contributed by atoms with Crippen LogP contribution < -0.4 is 4.72 Å². The number of nitrogens with one attached hydrogen (secondary N) is 1. The molecule has 0 aliphatic carbocycles. The number of hydrogen-bond donors (Lipinski definition) is 2. The summed E-state index contributed by atoms with van der Waals surface area (Å²) in [5.41, 5.74) is -0.0799. The number of aromatic carboxylic acids is 1. The van der Waals surface area contributed by atoms with Crippen LogP contribution in [0.3, 0.4) is 0 Å². The maximum Gasteiger partial charge on any atom is 0.356 e. The Hall–Kier alpha value is -1.71. The molecule has 1 heterocycles. The molecule has 21 heavy (non-hydrogen) atoms. The number of halogens is 1. The van der Waals surface area contributed by atoms with E-state index in [1.54, 1.807) is 18.2 Å². The van der Waals surface area contributed by atoms with E-state index in [4.69, 9.17) is 5.11 Å². The Morgan fingerprint density at radius 1 is 1.38 bits per heavy atom. The van der Waals surface area contributed by atoms with Crippen LogP contribution in [0, 0.1) is 0 Å². The van der Waals surface area contributed by atoms with E-state index in [0.717, 1.165) is 0 Å². The monoisotopic (exact) mass is 373 g/mol. The zero-order valence-corrected chi connectivity index (χ0v) is 13.1. The summed E-state index contributed by atoms with van der Waals surface area (Å²) < 4.78 is 28.6. The number of benzene rings is 1. The van der Waals surface area contributed by atoms with Crippen molar-refractivity contribution in [3.63, 3.8) is 0 Å². The van der Waals surface area contributed by atoms with Crippen LogP contribution in [0.1, 0.15) is 10.5 Å². The van der Waals surface area contributed by atoms with Gasteiger partial charge in [-0.15, -0.1) is 0 Å². The van der Waals surface area contributed by atoms with Crippen LogP contribution in [-0.2, 0) is 16.6 Å². The number of rotatable bonds is 6. The maximum absolute atomic E-state index is 12.1. The number of nitrogens with zero attached hydrogens (tertiary/aromatic N) is 2. The molecule has 2 N–H and O–H groups in total. The molecule has 0 fully saturated rings. The van der Waals surface area contributed by atoms with Gasteiger partial charge in [0.05, 0.1) is 11.2 Å². The second-order valence-electron chi connectivity index (χ2n) is 4.13. The fourth-order valence-corrected chi connectivity index (χ4v) is 3.66. The Bertz CT molecular complexity index is 757. The van der Waals surface area contributed by atoms with Crippen molar-refractivity contribution in [2.45, 2.75) is 11.4 Å². The molecule has 0 radical (unpaired) electrons. The highest BCUT2D eigenvalue weighted by Crippen LogP contribution is 2.20. The maximum atomic E-state index is 12.1. The van der Waals surface area contributed by atoms with Gasteiger partial charge in [0.1, 0.15) is 0 Å². The van der Waals surface area contributed by atoms with Crippen molar-refractivity contribution in [3.05, 3.63) is 47.0 Å². The molecule has 0 aliphatic heterocycles. The molecule has 0 saturated heterocycles. The number of imidazole rings is 1. The van der Waals surface area contributed by atoms with Crippen LogP contribution in [-0.4, -0.2) is 35.6 Å². The van der Waals surface area contributed by atoms with Gasteiger partial charge in [-0.1, -0.05) is 12.1 Å². The van der Waals surface area contributed by atoms with E-state index in [-0.39, 0.29) is 23.7 Å². The molecule has 1 aromatic carbocycles. The number of sulfonamides is 1. The molecule has 0 aliphatic rings. The topological polar surface area (TPSA) is 101 Å². The highest BCUT2D eigenvalue weighted by atomic mass is 79.9. The third kappa shape index (κ3) is 3.90. The molecular weight excluding hydrogens is 362 g/mol. The Kier molecular flexibility index (Phi) is 4.76. The predicted octanol–water partition coefficient (Wildman–Crippen LogP) is 1.32. The minimum Gasteiger partial charge on any atom is -0.476 e. The van der Waals surface area contributed by atoms with Crippen molar-refractivity contribution in [3.8, 4) is 0 Å². The van der Waals surface area contributed by atoms with Crippen LogP contribution in [0.15, 0.2) is 46.2 Å². The number of hydrogen-bond acceptors (Lipinski definition) is 4. The summed E-state index contributed by atoms with van der Waals surface area (Å²) in [7, 11) is -3.62. The third-order valence-electron chi connectivity index (χ3n) is 2.64. The van der Waals surface area contributed by atoms with E-state index in [2.05, 4.69) is 25.6 Å². The van der Waals surface area contributed by atoms with Crippen molar-refractivity contribution in [1.82, 2.24) is 14.3 Å². The molecule has 112 valence electrons. The molecule has 1 aromatic heterocycles. The van der Waals surface area contributed by atoms with Gasteiger partial charge in [0.25, 0.3) is 0 Å². The van der Waals surface area contributed by atoms with E-state index in [1.807, 2.05) is 0 Å². The van der Waals surface area contributed by atoms with Gasteiger partial charge in [-0.2, -0.15) is 0 Å². The van der Waals surface area contributed by atoms with Gasteiger partial charge in [-0.25, -0.2) is 22.9 Å². The lowest BCUT2D eigenvalue weighted by molar-refractivity contribution is 0.0691. The summed E-state index contributed by atoms with van der Waals surface area (Å²) in [6, 6.07) is 6.49. The van der Waals surface area contributed by atoms with Gasteiger partial charge in [0.15, 0.2) is 5.69 Å². The first kappa shape index (κ1) is 15.7. The van der Waals surface area contributed by atoms with Crippen molar-refractivity contribution < 1.29 is 18.3 Å². The predicted molar refractivity (Wildman–Crippen MR) is 78.5 cm³/mol. The average molecular weight is 374 g/mol. The van der Waals surface area contributed by atoms with Crippen LogP contribution >= 0.6 is 15.9 Å². The fraction of sp³-hybridized carbons (Fsp3) is 0.167. The smallest absolute Gasteiger partial charge is 0.356 e. The van der Waals surface area contributed by atoms with Crippen molar-refractivity contribution in [2.24, 2.45) is 0 Å². The van der Waals surface area contributed by atoms with E-state index < -0.39 is 16.0 Å². The number of carboxylic acids is 1. The van der Waals surface area contributed by atoms with E-state index in [0.29, 0.717) is 4.47 Å². The van der Waals surface area contributed by atoms with Crippen molar-refractivity contribution >= 4 is 31.9 Å². The first-order chi connectivity index (χ1) is 9.90. The summed E-state index contributed by atoms with van der Waals surface area (Å²) >= 11 is 3.19. The van der Waals surface area contributed by atoms with Crippen LogP contribution in [0.5, 0.6) is 0 Å². The Morgan fingerprint density at radius 3 is 2.71 bits per heavy atom. The van der Waals surface area contributed by atoms with E-state index >= 15 is 0 Å².